The molecule has 1 amide bonds. The van der Waals surface area contributed by atoms with Crippen LogP contribution in [0.25, 0.3) is 11.0 Å². The minimum absolute atomic E-state index is 0.00127. The summed E-state index contributed by atoms with van der Waals surface area (Å²) in [6.07, 6.45) is 5.13. The molecule has 0 bridgehead atoms. The zero-order chi connectivity index (χ0) is 21.5. The molecule has 3 rings (SSSR count). The quantitative estimate of drug-likeness (QED) is 0.448. The Morgan fingerprint density at radius 2 is 2.17 bits per heavy atom. The number of aromatic amines is 1. The molecule has 0 aliphatic rings. The van der Waals surface area contributed by atoms with Crippen LogP contribution in [-0.2, 0) is 11.2 Å². The number of amides is 1. The number of carbonyl (C=O) groups excluding carboxylic acids is 1. The first-order chi connectivity index (χ1) is 14.5. The molecule has 0 saturated carbocycles. The molecule has 0 aliphatic heterocycles. The predicted molar refractivity (Wildman–Crippen MR) is 120 cm³/mol. The van der Waals surface area contributed by atoms with Crippen molar-refractivity contribution in [3.05, 3.63) is 53.9 Å². The fraction of sp³-hybridized carbons (Fsp3) is 0.391. The second-order valence-corrected chi connectivity index (χ2v) is 7.84. The molecular weight excluding hydrogens is 378 g/mol. The fourth-order valence-corrected chi connectivity index (χ4v) is 3.45. The van der Waals surface area contributed by atoms with E-state index in [2.05, 4.69) is 20.2 Å². The molecule has 2 heterocycles. The van der Waals surface area contributed by atoms with Crippen LogP contribution < -0.4 is 15.8 Å². The van der Waals surface area contributed by atoms with Crippen LogP contribution in [0, 0.1) is 12.8 Å². The van der Waals surface area contributed by atoms with Crippen LogP contribution in [0.3, 0.4) is 0 Å². The molecule has 30 heavy (non-hydrogen) atoms. The number of ether oxygens (including phenoxy) is 1. The molecule has 0 radical (unpaired) electrons. The van der Waals surface area contributed by atoms with E-state index >= 15 is 0 Å². The van der Waals surface area contributed by atoms with Gasteiger partial charge < -0.3 is 25.7 Å². The predicted octanol–water partition coefficient (Wildman–Crippen LogP) is 2.85. The highest BCUT2D eigenvalue weighted by Crippen LogP contribution is 2.31. The van der Waals surface area contributed by atoms with Gasteiger partial charge in [-0.3, -0.25) is 4.79 Å². The molecule has 7 heteroatoms. The summed E-state index contributed by atoms with van der Waals surface area (Å²) in [5.74, 6) is 1.22. The van der Waals surface area contributed by atoms with Crippen LogP contribution in [-0.4, -0.2) is 54.5 Å². The van der Waals surface area contributed by atoms with Crippen molar-refractivity contribution in [1.29, 1.82) is 0 Å². The lowest BCUT2D eigenvalue weighted by atomic mass is 9.98. The third kappa shape index (κ3) is 5.58. The number of H-pyrrole nitrogens is 1. The number of aromatic nitrogens is 2. The van der Waals surface area contributed by atoms with E-state index in [1.54, 1.807) is 6.20 Å². The van der Waals surface area contributed by atoms with E-state index in [0.29, 0.717) is 19.5 Å². The Morgan fingerprint density at radius 1 is 1.33 bits per heavy atom. The van der Waals surface area contributed by atoms with Gasteiger partial charge in [0.25, 0.3) is 0 Å². The average Bonchev–Trinajstić information content (AvgIpc) is 3.11. The third-order valence-corrected chi connectivity index (χ3v) is 5.08. The molecule has 7 nitrogen and oxygen atoms in total. The molecule has 4 N–H and O–H groups in total. The number of nitrogens with zero attached hydrogens (tertiary/aromatic N) is 2. The molecule has 0 spiro atoms. The number of carbonyl (C=O) groups is 1. The van der Waals surface area contributed by atoms with Crippen molar-refractivity contribution in [1.82, 2.24) is 20.2 Å². The van der Waals surface area contributed by atoms with Gasteiger partial charge in [-0.2, -0.15) is 0 Å². The van der Waals surface area contributed by atoms with Gasteiger partial charge in [0, 0.05) is 25.5 Å². The fourth-order valence-electron chi connectivity index (χ4n) is 3.45. The van der Waals surface area contributed by atoms with Gasteiger partial charge in [-0.05, 0) is 69.7 Å². The number of benzene rings is 1. The van der Waals surface area contributed by atoms with Crippen LogP contribution in [0.4, 0.5) is 0 Å². The molecule has 0 aliphatic carbocycles. The van der Waals surface area contributed by atoms with Gasteiger partial charge >= 0.3 is 0 Å². The van der Waals surface area contributed by atoms with Crippen molar-refractivity contribution in [2.24, 2.45) is 11.7 Å². The molecule has 0 saturated heterocycles. The summed E-state index contributed by atoms with van der Waals surface area (Å²) in [5, 5.41) is 3.97. The number of nitrogens with two attached hydrogens (primary N) is 1. The summed E-state index contributed by atoms with van der Waals surface area (Å²) in [6, 6.07) is 9.68. The lowest BCUT2D eigenvalue weighted by molar-refractivity contribution is -0.124. The van der Waals surface area contributed by atoms with Crippen LogP contribution >= 0.6 is 0 Å². The number of pyridine rings is 1. The highest BCUT2D eigenvalue weighted by molar-refractivity contribution is 5.86. The van der Waals surface area contributed by atoms with Crippen molar-refractivity contribution in [3.63, 3.8) is 0 Å². The van der Waals surface area contributed by atoms with Crippen LogP contribution in [0.15, 0.2) is 42.7 Å². The molecule has 2 aromatic heterocycles. The van der Waals surface area contributed by atoms with E-state index in [9.17, 15) is 4.79 Å². The van der Waals surface area contributed by atoms with Crippen LogP contribution in [0.2, 0.25) is 0 Å². The van der Waals surface area contributed by atoms with Gasteiger partial charge in [0.05, 0.1) is 11.3 Å². The molecular formula is C23H31N5O2. The Bertz CT molecular complexity index is 983. The Balaban J connectivity index is 1.65. The zero-order valence-corrected chi connectivity index (χ0v) is 17.9. The monoisotopic (exact) mass is 409 g/mol. The number of nitrogens with one attached hydrogen (secondary N) is 2. The molecule has 0 fully saturated rings. The summed E-state index contributed by atoms with van der Waals surface area (Å²) >= 11 is 0. The van der Waals surface area contributed by atoms with Crippen molar-refractivity contribution in [3.8, 4) is 11.5 Å². The first kappa shape index (κ1) is 21.8. The maximum absolute atomic E-state index is 12.5. The third-order valence-electron chi connectivity index (χ3n) is 5.08. The second kappa shape index (κ2) is 10.2. The highest BCUT2D eigenvalue weighted by Gasteiger charge is 2.17. The topological polar surface area (TPSA) is 96.3 Å². The summed E-state index contributed by atoms with van der Waals surface area (Å²) in [4.78, 5) is 22.1. The SMILES string of the molecule is Cc1c[nH]c2nccc(Oc3cccc(CC(CN)C(=O)NCCCN(C)C)c3)c12. The number of aryl methyl sites for hydroxylation is 1. The number of rotatable bonds is 10. The Labute approximate surface area is 177 Å². The first-order valence-electron chi connectivity index (χ1n) is 10.3. The molecule has 1 aromatic carbocycles. The van der Waals surface area contributed by atoms with E-state index in [-0.39, 0.29) is 11.8 Å². The Kier molecular flexibility index (Phi) is 7.43. The number of fused-ring (bicyclic) bond motifs is 1. The number of hydrogen-bond donors (Lipinski definition) is 3. The van der Waals surface area contributed by atoms with Crippen LogP contribution in [0.5, 0.6) is 11.5 Å². The Morgan fingerprint density at radius 3 is 2.93 bits per heavy atom. The summed E-state index contributed by atoms with van der Waals surface area (Å²) in [6.45, 7) is 3.92. The van der Waals surface area contributed by atoms with Crippen molar-refractivity contribution < 1.29 is 9.53 Å². The average molecular weight is 410 g/mol. The zero-order valence-electron chi connectivity index (χ0n) is 17.9. The minimum Gasteiger partial charge on any atom is -0.457 e. The van der Waals surface area contributed by atoms with Crippen molar-refractivity contribution >= 4 is 16.9 Å². The molecule has 160 valence electrons. The van der Waals surface area contributed by atoms with Gasteiger partial charge in [0.1, 0.15) is 17.1 Å². The molecule has 1 unspecified atom stereocenters. The van der Waals surface area contributed by atoms with Crippen molar-refractivity contribution in [2.75, 3.05) is 33.7 Å². The van der Waals surface area contributed by atoms with E-state index in [1.807, 2.05) is 57.5 Å². The lowest BCUT2D eigenvalue weighted by Crippen LogP contribution is -2.37. The normalized spacial score (nSPS) is 12.3. The van der Waals surface area contributed by atoms with E-state index in [4.69, 9.17) is 10.5 Å². The van der Waals surface area contributed by atoms with Gasteiger partial charge in [0.15, 0.2) is 0 Å². The smallest absolute Gasteiger partial charge is 0.224 e. The van der Waals surface area contributed by atoms with Crippen molar-refractivity contribution in [2.45, 2.75) is 19.8 Å². The highest BCUT2D eigenvalue weighted by atomic mass is 16.5. The van der Waals surface area contributed by atoms with E-state index < -0.39 is 0 Å². The lowest BCUT2D eigenvalue weighted by Gasteiger charge is -2.16. The first-order valence-corrected chi connectivity index (χ1v) is 10.3. The number of hydrogen-bond acceptors (Lipinski definition) is 5. The summed E-state index contributed by atoms with van der Waals surface area (Å²) < 4.78 is 6.15. The van der Waals surface area contributed by atoms with E-state index in [1.165, 1.54) is 0 Å². The van der Waals surface area contributed by atoms with Gasteiger partial charge in [-0.25, -0.2) is 4.98 Å². The second-order valence-electron chi connectivity index (χ2n) is 7.84. The van der Waals surface area contributed by atoms with Gasteiger partial charge in [-0.1, -0.05) is 12.1 Å². The standard InChI is InChI=1S/C23H31N5O2/c1-16-15-27-22-21(16)20(8-10-25-22)30-19-7-4-6-17(13-19)12-18(14-24)23(29)26-9-5-11-28(2)3/h4,6-8,10,13,15,18H,5,9,11-12,14,24H2,1-3H3,(H,25,27)(H,26,29). The van der Waals surface area contributed by atoms with E-state index in [0.717, 1.165) is 46.6 Å². The largest absolute Gasteiger partial charge is 0.457 e. The molecule has 1 atom stereocenters. The van der Waals surface area contributed by atoms with Crippen LogP contribution in [0.1, 0.15) is 17.5 Å². The summed E-state index contributed by atoms with van der Waals surface area (Å²) in [5.41, 5.74) is 8.79. The van der Waals surface area contributed by atoms with Gasteiger partial charge in [0.2, 0.25) is 5.91 Å². The van der Waals surface area contributed by atoms with Gasteiger partial charge in [-0.15, -0.1) is 0 Å². The minimum atomic E-state index is -0.265. The maximum Gasteiger partial charge on any atom is 0.224 e. The Hall–Kier alpha value is -2.90. The maximum atomic E-state index is 12.5. The molecule has 3 aromatic rings. The summed E-state index contributed by atoms with van der Waals surface area (Å²) in [7, 11) is 4.04.